The van der Waals surface area contributed by atoms with E-state index in [-0.39, 0.29) is 23.6 Å². The molecule has 0 radical (unpaired) electrons. The third-order valence-corrected chi connectivity index (χ3v) is 2.96. The number of hydrogen-bond acceptors (Lipinski definition) is 3. The largest absolute Gasteiger partial charge is 0.396 e. The summed E-state index contributed by atoms with van der Waals surface area (Å²) >= 11 is 0. The SMILES string of the molecule is Cc1cc(C)c(C(=O)NCCCCCCO)c(=O)[nH]1. The second-order valence-electron chi connectivity index (χ2n) is 4.73. The Hall–Kier alpha value is -1.62. The maximum absolute atomic E-state index is 11.9. The van der Waals surface area contributed by atoms with E-state index in [1.807, 2.05) is 0 Å². The number of aromatic nitrogens is 1. The summed E-state index contributed by atoms with van der Waals surface area (Å²) in [6, 6.07) is 1.79. The standard InChI is InChI=1S/C14H22N2O3/c1-10-9-11(2)16-14(19)12(10)13(18)15-7-5-3-4-6-8-17/h9,17H,3-8H2,1-2H3,(H,15,18)(H,16,19). The number of rotatable bonds is 7. The van der Waals surface area contributed by atoms with E-state index in [1.165, 1.54) is 0 Å². The molecule has 0 spiro atoms. The molecule has 1 rings (SSSR count). The van der Waals surface area contributed by atoms with Crippen molar-refractivity contribution in [2.24, 2.45) is 0 Å². The molecule has 0 aliphatic rings. The van der Waals surface area contributed by atoms with Crippen molar-refractivity contribution in [2.75, 3.05) is 13.2 Å². The number of unbranched alkanes of at least 4 members (excludes halogenated alkanes) is 3. The molecule has 0 saturated heterocycles. The molecule has 0 unspecified atom stereocenters. The third kappa shape index (κ3) is 4.87. The Bertz CT molecular complexity index is 480. The summed E-state index contributed by atoms with van der Waals surface area (Å²) in [5.41, 5.74) is 1.30. The van der Waals surface area contributed by atoms with Gasteiger partial charge in [-0.05, 0) is 38.3 Å². The van der Waals surface area contributed by atoms with Crippen molar-refractivity contribution in [3.05, 3.63) is 33.2 Å². The van der Waals surface area contributed by atoms with Gasteiger partial charge < -0.3 is 15.4 Å². The first-order valence-corrected chi connectivity index (χ1v) is 6.66. The number of H-pyrrole nitrogens is 1. The summed E-state index contributed by atoms with van der Waals surface area (Å²) in [4.78, 5) is 26.3. The predicted octanol–water partition coefficient (Wildman–Crippen LogP) is 1.27. The summed E-state index contributed by atoms with van der Waals surface area (Å²) < 4.78 is 0. The molecule has 0 bridgehead atoms. The highest BCUT2D eigenvalue weighted by Gasteiger charge is 2.13. The van der Waals surface area contributed by atoms with Gasteiger partial charge in [-0.2, -0.15) is 0 Å². The van der Waals surface area contributed by atoms with Gasteiger partial charge in [-0.25, -0.2) is 0 Å². The molecule has 5 nitrogen and oxygen atoms in total. The van der Waals surface area contributed by atoms with Crippen molar-refractivity contribution < 1.29 is 9.90 Å². The first-order valence-electron chi connectivity index (χ1n) is 6.66. The molecule has 0 fully saturated rings. The second kappa shape index (κ2) is 7.74. The molecule has 0 aliphatic heterocycles. The molecule has 1 heterocycles. The minimum atomic E-state index is -0.338. The van der Waals surface area contributed by atoms with Gasteiger partial charge in [0.1, 0.15) is 5.56 Å². The van der Waals surface area contributed by atoms with Crippen LogP contribution in [0.1, 0.15) is 47.3 Å². The normalized spacial score (nSPS) is 10.5. The summed E-state index contributed by atoms with van der Waals surface area (Å²) in [5, 5.41) is 11.4. The molecule has 0 aromatic carbocycles. The summed E-state index contributed by atoms with van der Waals surface area (Å²) in [7, 11) is 0. The molecule has 3 N–H and O–H groups in total. The Kier molecular flexibility index (Phi) is 6.29. The fourth-order valence-electron chi connectivity index (χ4n) is 2.02. The number of amides is 1. The van der Waals surface area contributed by atoms with Crippen LogP contribution in [0.4, 0.5) is 0 Å². The minimum Gasteiger partial charge on any atom is -0.396 e. The Morgan fingerprint density at radius 3 is 2.58 bits per heavy atom. The number of aromatic amines is 1. The Balaban J connectivity index is 2.48. The molecule has 0 saturated carbocycles. The topological polar surface area (TPSA) is 82.2 Å². The van der Waals surface area contributed by atoms with Crippen LogP contribution in [-0.4, -0.2) is 29.1 Å². The van der Waals surface area contributed by atoms with Gasteiger partial charge in [0.2, 0.25) is 0 Å². The Morgan fingerprint density at radius 2 is 1.95 bits per heavy atom. The third-order valence-electron chi connectivity index (χ3n) is 2.96. The summed E-state index contributed by atoms with van der Waals surface area (Å²) in [6.45, 7) is 4.32. The lowest BCUT2D eigenvalue weighted by Crippen LogP contribution is -2.31. The molecular formula is C14H22N2O3. The molecule has 1 aromatic rings. The van der Waals surface area contributed by atoms with Crippen molar-refractivity contribution in [3.63, 3.8) is 0 Å². The number of pyridine rings is 1. The Labute approximate surface area is 113 Å². The van der Waals surface area contributed by atoms with Crippen LogP contribution in [-0.2, 0) is 0 Å². The average molecular weight is 266 g/mol. The van der Waals surface area contributed by atoms with Crippen LogP contribution in [0.3, 0.4) is 0 Å². The number of aliphatic hydroxyl groups excluding tert-OH is 1. The second-order valence-corrected chi connectivity index (χ2v) is 4.73. The van der Waals surface area contributed by atoms with Crippen LogP contribution >= 0.6 is 0 Å². The lowest BCUT2D eigenvalue weighted by Gasteiger charge is -2.07. The first kappa shape index (κ1) is 15.4. The number of hydrogen-bond donors (Lipinski definition) is 3. The number of aliphatic hydroxyl groups is 1. The van der Waals surface area contributed by atoms with Crippen LogP contribution in [0.2, 0.25) is 0 Å². The molecule has 106 valence electrons. The van der Waals surface area contributed by atoms with E-state index in [0.29, 0.717) is 12.1 Å². The maximum Gasteiger partial charge on any atom is 0.261 e. The van der Waals surface area contributed by atoms with Crippen molar-refractivity contribution in [1.82, 2.24) is 10.3 Å². The number of carbonyl (C=O) groups excluding carboxylic acids is 1. The number of nitrogens with one attached hydrogen (secondary N) is 2. The van der Waals surface area contributed by atoms with Crippen molar-refractivity contribution in [1.29, 1.82) is 0 Å². The Morgan fingerprint density at radius 1 is 1.26 bits per heavy atom. The fraction of sp³-hybridized carbons (Fsp3) is 0.571. The number of carbonyl (C=O) groups is 1. The quantitative estimate of drug-likeness (QED) is 0.650. The van der Waals surface area contributed by atoms with E-state index >= 15 is 0 Å². The molecule has 1 amide bonds. The summed E-state index contributed by atoms with van der Waals surface area (Å²) in [6.07, 6.45) is 3.57. The molecule has 5 heteroatoms. The highest BCUT2D eigenvalue weighted by atomic mass is 16.2. The van der Waals surface area contributed by atoms with E-state index in [1.54, 1.807) is 19.9 Å². The highest BCUT2D eigenvalue weighted by molar-refractivity contribution is 5.95. The van der Waals surface area contributed by atoms with Gasteiger partial charge in [-0.15, -0.1) is 0 Å². The van der Waals surface area contributed by atoms with Gasteiger partial charge in [0.15, 0.2) is 0 Å². The van der Waals surface area contributed by atoms with Gasteiger partial charge >= 0.3 is 0 Å². The van der Waals surface area contributed by atoms with Gasteiger partial charge in [0, 0.05) is 18.8 Å². The van der Waals surface area contributed by atoms with Crippen molar-refractivity contribution in [3.8, 4) is 0 Å². The van der Waals surface area contributed by atoms with E-state index < -0.39 is 0 Å². The zero-order valence-corrected chi connectivity index (χ0v) is 11.6. The predicted molar refractivity (Wildman–Crippen MR) is 74.4 cm³/mol. The molecule has 0 atom stereocenters. The van der Waals surface area contributed by atoms with Gasteiger partial charge in [0.05, 0.1) is 0 Å². The highest BCUT2D eigenvalue weighted by Crippen LogP contribution is 2.03. The van der Waals surface area contributed by atoms with E-state index in [9.17, 15) is 9.59 Å². The van der Waals surface area contributed by atoms with Crippen molar-refractivity contribution in [2.45, 2.75) is 39.5 Å². The first-order chi connectivity index (χ1) is 9.06. The average Bonchev–Trinajstić information content (AvgIpc) is 2.32. The van der Waals surface area contributed by atoms with Gasteiger partial charge in [0.25, 0.3) is 11.5 Å². The monoisotopic (exact) mass is 266 g/mol. The lowest BCUT2D eigenvalue weighted by molar-refractivity contribution is 0.0950. The van der Waals surface area contributed by atoms with E-state index in [4.69, 9.17) is 5.11 Å². The van der Waals surface area contributed by atoms with Crippen LogP contribution in [0.25, 0.3) is 0 Å². The molecule has 1 aromatic heterocycles. The van der Waals surface area contributed by atoms with Crippen LogP contribution < -0.4 is 10.9 Å². The molecular weight excluding hydrogens is 244 g/mol. The minimum absolute atomic E-state index is 0.195. The maximum atomic E-state index is 11.9. The van der Waals surface area contributed by atoms with E-state index in [0.717, 1.165) is 31.4 Å². The molecule has 0 aliphatic carbocycles. The van der Waals surface area contributed by atoms with Gasteiger partial charge in [-0.3, -0.25) is 9.59 Å². The van der Waals surface area contributed by atoms with E-state index in [2.05, 4.69) is 10.3 Å². The zero-order valence-electron chi connectivity index (χ0n) is 11.6. The van der Waals surface area contributed by atoms with Gasteiger partial charge in [-0.1, -0.05) is 12.8 Å². The summed E-state index contributed by atoms with van der Waals surface area (Å²) in [5.74, 6) is -0.319. The van der Waals surface area contributed by atoms with Crippen LogP contribution in [0.15, 0.2) is 10.9 Å². The molecule has 19 heavy (non-hydrogen) atoms. The van der Waals surface area contributed by atoms with Crippen LogP contribution in [0, 0.1) is 13.8 Å². The lowest BCUT2D eigenvalue weighted by atomic mass is 10.1. The smallest absolute Gasteiger partial charge is 0.261 e. The number of aryl methyl sites for hydroxylation is 2. The van der Waals surface area contributed by atoms with Crippen LogP contribution in [0.5, 0.6) is 0 Å². The zero-order chi connectivity index (χ0) is 14.3. The fourth-order valence-corrected chi connectivity index (χ4v) is 2.02. The van der Waals surface area contributed by atoms with Crippen molar-refractivity contribution >= 4 is 5.91 Å².